The van der Waals surface area contributed by atoms with Crippen molar-refractivity contribution in [2.45, 2.75) is 35.9 Å². The third-order valence-corrected chi connectivity index (χ3v) is 6.33. The lowest BCUT2D eigenvalue weighted by molar-refractivity contribution is -0.289. The Morgan fingerprint density at radius 1 is 1.03 bits per heavy atom. The van der Waals surface area contributed by atoms with Crippen molar-refractivity contribution < 1.29 is 22.0 Å². The quantitative estimate of drug-likeness (QED) is 0.275. The molecule has 1 saturated carbocycles. The number of fused-ring (bicyclic) bond motifs is 1. The third-order valence-electron chi connectivity index (χ3n) is 5.58. The number of pyridine rings is 2. The fourth-order valence-corrected chi connectivity index (χ4v) is 4.17. The minimum absolute atomic E-state index is 0.0740. The highest BCUT2D eigenvalue weighted by molar-refractivity contribution is 7.98. The van der Waals surface area contributed by atoms with Crippen LogP contribution in [0.1, 0.15) is 24.4 Å². The summed E-state index contributed by atoms with van der Waals surface area (Å²) in [4.78, 5) is 17.8. The number of aromatic nitrogens is 6. The van der Waals surface area contributed by atoms with Crippen LogP contribution in [0.4, 0.5) is 22.0 Å². The molecule has 1 fully saturated rings. The molecular formula is C21H17F5N6S. The highest BCUT2D eigenvalue weighted by atomic mass is 32.2. The molecule has 6 nitrogen and oxygen atoms in total. The molecule has 4 aromatic rings. The van der Waals surface area contributed by atoms with Crippen LogP contribution in [0.3, 0.4) is 0 Å². The lowest BCUT2D eigenvalue weighted by atomic mass is 10.1. The predicted molar refractivity (Wildman–Crippen MR) is 113 cm³/mol. The molecule has 0 aliphatic heterocycles. The van der Waals surface area contributed by atoms with Gasteiger partial charge in [0.05, 0.1) is 17.6 Å². The molecule has 0 amide bonds. The summed E-state index contributed by atoms with van der Waals surface area (Å²) in [7, 11) is 1.61. The van der Waals surface area contributed by atoms with E-state index in [-0.39, 0.29) is 11.2 Å². The van der Waals surface area contributed by atoms with Gasteiger partial charge in [-0.25, -0.2) is 15.0 Å². The first-order valence-corrected chi connectivity index (χ1v) is 11.2. The Kier molecular flexibility index (Phi) is 4.96. The summed E-state index contributed by atoms with van der Waals surface area (Å²) in [5.74, 6) is -4.72. The van der Waals surface area contributed by atoms with E-state index in [1.165, 1.54) is 16.3 Å². The van der Waals surface area contributed by atoms with Gasteiger partial charge in [-0.3, -0.25) is 4.98 Å². The Balaban J connectivity index is 1.56. The number of alkyl halides is 5. The molecule has 12 heteroatoms. The molecule has 0 aromatic carbocycles. The number of imidazole rings is 2. The number of aryl methyl sites for hydroxylation is 1. The maximum absolute atomic E-state index is 13.8. The summed E-state index contributed by atoms with van der Waals surface area (Å²) >= 11 is 1.41. The van der Waals surface area contributed by atoms with Crippen molar-refractivity contribution in [1.82, 2.24) is 29.1 Å². The van der Waals surface area contributed by atoms with Crippen LogP contribution in [-0.4, -0.2) is 41.5 Å². The van der Waals surface area contributed by atoms with Crippen LogP contribution in [0, 0.1) is 0 Å². The van der Waals surface area contributed by atoms with Crippen LogP contribution < -0.4 is 0 Å². The molecule has 0 saturated heterocycles. The van der Waals surface area contributed by atoms with Crippen LogP contribution in [0.15, 0.2) is 41.9 Å². The Morgan fingerprint density at radius 3 is 2.45 bits per heavy atom. The highest BCUT2D eigenvalue weighted by Gasteiger charge is 2.59. The van der Waals surface area contributed by atoms with E-state index in [2.05, 4.69) is 24.5 Å². The fraction of sp³-hybridized carbons (Fsp3) is 0.333. The van der Waals surface area contributed by atoms with Crippen molar-refractivity contribution in [3.05, 3.63) is 42.6 Å². The van der Waals surface area contributed by atoms with E-state index in [4.69, 9.17) is 0 Å². The predicted octanol–water partition coefficient (Wildman–Crippen LogP) is 5.60. The number of hydrogen-bond donors (Lipinski definition) is 0. The molecule has 4 heterocycles. The zero-order valence-corrected chi connectivity index (χ0v) is 18.3. The minimum Gasteiger partial charge on any atom is -0.334 e. The van der Waals surface area contributed by atoms with Gasteiger partial charge in [0.2, 0.25) is 0 Å². The number of rotatable bonds is 5. The van der Waals surface area contributed by atoms with Gasteiger partial charge in [0.15, 0.2) is 11.5 Å². The monoisotopic (exact) mass is 480 g/mol. The lowest BCUT2D eigenvalue weighted by Crippen LogP contribution is -2.33. The number of nitrogens with zero attached hydrogens (tertiary/aromatic N) is 6. The molecule has 172 valence electrons. The molecular weight excluding hydrogens is 463 g/mol. The van der Waals surface area contributed by atoms with Crippen LogP contribution in [0.5, 0.6) is 0 Å². The zero-order valence-electron chi connectivity index (χ0n) is 17.4. The van der Waals surface area contributed by atoms with Crippen molar-refractivity contribution in [2.24, 2.45) is 7.05 Å². The van der Waals surface area contributed by atoms with E-state index >= 15 is 0 Å². The second kappa shape index (κ2) is 7.51. The molecule has 4 aromatic heterocycles. The van der Waals surface area contributed by atoms with Crippen molar-refractivity contribution >= 4 is 22.9 Å². The average molecular weight is 480 g/mol. The van der Waals surface area contributed by atoms with Gasteiger partial charge in [-0.1, -0.05) is 0 Å². The van der Waals surface area contributed by atoms with Gasteiger partial charge in [-0.2, -0.15) is 22.0 Å². The Hall–Kier alpha value is -3.02. The van der Waals surface area contributed by atoms with Crippen LogP contribution >= 0.6 is 11.8 Å². The fourth-order valence-electron chi connectivity index (χ4n) is 3.59. The standard InChI is InChI=1S/C21H17F5N6S/c1-31-18-14(6-12(8-28-18)20(22,23)21(24,25)26)30-19(31)17-16(33-2)5-11(7-27-17)15-9-32(10-29-15)13-3-4-13/h5-10,13H,3-4H2,1-2H3. The molecule has 0 bridgehead atoms. The molecule has 5 rings (SSSR count). The second-order valence-electron chi connectivity index (χ2n) is 7.85. The maximum Gasteiger partial charge on any atom is 0.458 e. The first-order valence-electron chi connectivity index (χ1n) is 9.96. The summed E-state index contributed by atoms with van der Waals surface area (Å²) in [6.45, 7) is 0. The van der Waals surface area contributed by atoms with E-state index in [1.54, 1.807) is 19.6 Å². The molecule has 0 radical (unpaired) electrons. The summed E-state index contributed by atoms with van der Waals surface area (Å²) < 4.78 is 69.5. The van der Waals surface area contributed by atoms with Crippen molar-refractivity contribution in [3.63, 3.8) is 0 Å². The summed E-state index contributed by atoms with van der Waals surface area (Å²) in [5.41, 5.74) is 0.903. The van der Waals surface area contributed by atoms with Gasteiger partial charge >= 0.3 is 12.1 Å². The molecule has 0 atom stereocenters. The van der Waals surface area contributed by atoms with Crippen molar-refractivity contribution in [1.29, 1.82) is 0 Å². The van der Waals surface area contributed by atoms with Gasteiger partial charge in [-0.05, 0) is 31.2 Å². The van der Waals surface area contributed by atoms with Crippen LogP contribution in [-0.2, 0) is 13.0 Å². The summed E-state index contributed by atoms with van der Waals surface area (Å²) in [5, 5.41) is 0. The first kappa shape index (κ1) is 21.8. The molecule has 33 heavy (non-hydrogen) atoms. The molecule has 0 unspecified atom stereocenters. The van der Waals surface area contributed by atoms with E-state index in [1.807, 2.05) is 18.5 Å². The van der Waals surface area contributed by atoms with Gasteiger partial charge in [-0.15, -0.1) is 11.8 Å². The summed E-state index contributed by atoms with van der Waals surface area (Å²) in [6.07, 6.45) is 4.35. The van der Waals surface area contributed by atoms with Crippen molar-refractivity contribution in [2.75, 3.05) is 6.26 Å². The molecule has 1 aliphatic carbocycles. The zero-order chi connectivity index (χ0) is 23.5. The Labute approximate surface area is 188 Å². The van der Waals surface area contributed by atoms with Gasteiger partial charge in [0.25, 0.3) is 0 Å². The number of hydrogen-bond acceptors (Lipinski definition) is 5. The van der Waals surface area contributed by atoms with E-state index < -0.39 is 17.7 Å². The molecule has 1 aliphatic rings. The topological polar surface area (TPSA) is 61.4 Å². The largest absolute Gasteiger partial charge is 0.458 e. The number of thioether (sulfide) groups is 1. The Bertz CT molecular complexity index is 1360. The van der Waals surface area contributed by atoms with Crippen LogP contribution in [0.2, 0.25) is 0 Å². The third kappa shape index (κ3) is 3.65. The van der Waals surface area contributed by atoms with E-state index in [0.29, 0.717) is 23.8 Å². The smallest absolute Gasteiger partial charge is 0.334 e. The summed E-state index contributed by atoms with van der Waals surface area (Å²) in [6, 6.07) is 3.13. The van der Waals surface area contributed by atoms with Gasteiger partial charge < -0.3 is 9.13 Å². The first-order chi connectivity index (χ1) is 15.6. The van der Waals surface area contributed by atoms with E-state index in [0.717, 1.165) is 35.1 Å². The normalized spacial score (nSPS) is 14.9. The average Bonchev–Trinajstić information content (AvgIpc) is 3.42. The SMILES string of the molecule is CSc1cc(-c2cn(C3CC3)cn2)cnc1-c1nc2cc(C(F)(F)C(F)(F)F)cnc2n1C. The molecule has 0 N–H and O–H groups in total. The highest BCUT2D eigenvalue weighted by Crippen LogP contribution is 2.44. The van der Waals surface area contributed by atoms with Gasteiger partial charge in [0, 0.05) is 42.1 Å². The number of halogens is 5. The minimum atomic E-state index is -5.73. The van der Waals surface area contributed by atoms with Gasteiger partial charge in [0.1, 0.15) is 11.2 Å². The Morgan fingerprint density at radius 2 is 1.79 bits per heavy atom. The maximum atomic E-state index is 13.8. The van der Waals surface area contributed by atoms with Crippen LogP contribution in [0.25, 0.3) is 33.9 Å². The van der Waals surface area contributed by atoms with E-state index in [9.17, 15) is 22.0 Å². The lowest BCUT2D eigenvalue weighted by Gasteiger charge is -2.19. The van der Waals surface area contributed by atoms with Crippen molar-refractivity contribution in [3.8, 4) is 22.8 Å². The second-order valence-corrected chi connectivity index (χ2v) is 8.69. The molecule has 0 spiro atoms.